The van der Waals surface area contributed by atoms with Gasteiger partial charge in [-0.2, -0.15) is 0 Å². The minimum Gasteiger partial charge on any atom is -0.365 e. The van der Waals surface area contributed by atoms with Crippen LogP contribution >= 0.6 is 0 Å². The predicted molar refractivity (Wildman–Crippen MR) is 159 cm³/mol. The Morgan fingerprint density at radius 2 is 1.93 bits per heavy atom. The van der Waals surface area contributed by atoms with Crippen molar-refractivity contribution in [1.82, 2.24) is 24.8 Å². The molecule has 0 aliphatic carbocycles. The highest BCUT2D eigenvalue weighted by Gasteiger charge is 2.26. The summed E-state index contributed by atoms with van der Waals surface area (Å²) in [5.41, 5.74) is 4.13. The molecule has 10 heteroatoms. The molecule has 0 atom stereocenters. The molecule has 0 unspecified atom stereocenters. The Morgan fingerprint density at radius 3 is 2.70 bits per heavy atom. The summed E-state index contributed by atoms with van der Waals surface area (Å²) in [6.07, 6.45) is 6.90. The number of alkyl halides is 1. The number of nitrogens with zero attached hydrogens (tertiary/aromatic N) is 5. The number of nitrogens with one attached hydrogen (secondary N) is 3. The fourth-order valence-corrected chi connectivity index (χ4v) is 4.52. The molecular weight excluding hydrogens is 507 g/mol. The normalized spacial score (nSPS) is 14.0. The van der Waals surface area contributed by atoms with Crippen LogP contribution in [0.25, 0.3) is 22.0 Å². The van der Waals surface area contributed by atoms with Gasteiger partial charge in [0.05, 0.1) is 23.4 Å². The van der Waals surface area contributed by atoms with Gasteiger partial charge in [0.15, 0.2) is 0 Å². The number of anilines is 4. The van der Waals surface area contributed by atoms with Gasteiger partial charge in [0, 0.05) is 55.1 Å². The van der Waals surface area contributed by atoms with Gasteiger partial charge < -0.3 is 20.9 Å². The van der Waals surface area contributed by atoms with Crippen LogP contribution in [0.15, 0.2) is 79.1 Å². The van der Waals surface area contributed by atoms with E-state index in [1.54, 1.807) is 18.5 Å². The van der Waals surface area contributed by atoms with Gasteiger partial charge in [-0.1, -0.05) is 36.4 Å². The number of halogens is 1. The van der Waals surface area contributed by atoms with Gasteiger partial charge in [0.25, 0.3) is 0 Å². The number of likely N-dealkylation sites (N-methyl/N-ethyl adjacent to an activating group) is 1. The minimum atomic E-state index is -0.316. The number of likely N-dealkylation sites (tertiary alicyclic amines) is 1. The molecule has 9 nitrogen and oxygen atoms in total. The third-order valence-corrected chi connectivity index (χ3v) is 6.52. The van der Waals surface area contributed by atoms with Crippen LogP contribution in [0.2, 0.25) is 0 Å². The lowest BCUT2D eigenvalue weighted by atomic mass is 10.0. The van der Waals surface area contributed by atoms with Gasteiger partial charge in [-0.3, -0.25) is 9.69 Å². The van der Waals surface area contributed by atoms with Crippen LogP contribution in [0.5, 0.6) is 0 Å². The van der Waals surface area contributed by atoms with Gasteiger partial charge in [-0.05, 0) is 43.9 Å². The second kappa shape index (κ2) is 12.6. The zero-order valence-electron chi connectivity index (χ0n) is 22.6. The van der Waals surface area contributed by atoms with Crippen molar-refractivity contribution in [3.05, 3.63) is 79.1 Å². The van der Waals surface area contributed by atoms with E-state index in [2.05, 4.69) is 30.8 Å². The number of amides is 1. The van der Waals surface area contributed by atoms with Crippen molar-refractivity contribution in [2.24, 2.45) is 0 Å². The zero-order valence-corrected chi connectivity index (χ0v) is 22.6. The summed E-state index contributed by atoms with van der Waals surface area (Å²) < 4.78 is 12.4. The molecule has 1 fully saturated rings. The maximum Gasteiger partial charge on any atom is 0.248 e. The molecule has 3 heterocycles. The number of aromatic nitrogens is 3. The Labute approximate surface area is 233 Å². The first kappa shape index (κ1) is 27.2. The van der Waals surface area contributed by atoms with Gasteiger partial charge in [-0.25, -0.2) is 19.3 Å². The number of hydrogen-bond acceptors (Lipinski definition) is 8. The molecule has 1 saturated heterocycles. The summed E-state index contributed by atoms with van der Waals surface area (Å²) in [4.78, 5) is 30.2. The molecule has 5 rings (SSSR count). The standard InChI is InChI=1S/C30H33FN8O/c1-38(2)14-5-10-28(40)35-23-8-3-6-21(16-23)26-9-4-7-22-17-33-30(37-29(22)26)36-24-11-12-27(32-18-24)34-25-19-39(20-25)15-13-31/h3-12,16-18,25H,13-15,19-20H2,1-2H3,(H,32,34)(H,35,40)(H,33,36,37). The fraction of sp³-hybridized carbons (Fsp3) is 0.267. The minimum absolute atomic E-state index is 0.174. The zero-order chi connectivity index (χ0) is 27.9. The Balaban J connectivity index is 1.28. The van der Waals surface area contributed by atoms with Crippen LogP contribution in [-0.4, -0.2) is 83.6 Å². The molecule has 1 aliphatic rings. The lowest BCUT2D eigenvalue weighted by molar-refractivity contribution is -0.111. The van der Waals surface area contributed by atoms with E-state index in [4.69, 9.17) is 4.98 Å². The number of fused-ring (bicyclic) bond motifs is 1. The van der Waals surface area contributed by atoms with Crippen molar-refractivity contribution < 1.29 is 9.18 Å². The molecule has 3 N–H and O–H groups in total. The van der Waals surface area contributed by atoms with Crippen molar-refractivity contribution in [2.45, 2.75) is 6.04 Å². The fourth-order valence-electron chi connectivity index (χ4n) is 4.52. The summed E-state index contributed by atoms with van der Waals surface area (Å²) in [7, 11) is 3.90. The highest BCUT2D eigenvalue weighted by Crippen LogP contribution is 2.30. The highest BCUT2D eigenvalue weighted by molar-refractivity contribution is 6.00. The van der Waals surface area contributed by atoms with Crippen molar-refractivity contribution in [2.75, 3.05) is 62.9 Å². The average Bonchev–Trinajstić information content (AvgIpc) is 2.92. The number of para-hydroxylation sites is 1. The Kier molecular flexibility index (Phi) is 8.58. The van der Waals surface area contributed by atoms with Crippen LogP contribution in [0.1, 0.15) is 0 Å². The summed E-state index contributed by atoms with van der Waals surface area (Å²) in [6, 6.07) is 17.8. The third-order valence-electron chi connectivity index (χ3n) is 6.52. The van der Waals surface area contributed by atoms with Crippen LogP contribution in [0.4, 0.5) is 27.5 Å². The lowest BCUT2D eigenvalue weighted by Crippen LogP contribution is -2.55. The molecule has 4 aromatic rings. The van der Waals surface area contributed by atoms with Crippen LogP contribution in [0, 0.1) is 0 Å². The number of carbonyl (C=O) groups is 1. The first-order valence-corrected chi connectivity index (χ1v) is 13.2. The van der Waals surface area contributed by atoms with E-state index in [-0.39, 0.29) is 18.6 Å². The topological polar surface area (TPSA) is 98.3 Å². The molecule has 1 aliphatic heterocycles. The summed E-state index contributed by atoms with van der Waals surface area (Å²) in [5, 5.41) is 10.5. The summed E-state index contributed by atoms with van der Waals surface area (Å²) in [6.45, 7) is 2.50. The number of pyridine rings is 1. The van der Waals surface area contributed by atoms with E-state index in [1.165, 1.54) is 0 Å². The molecule has 1 amide bonds. The molecule has 0 spiro atoms. The van der Waals surface area contributed by atoms with E-state index in [1.807, 2.05) is 79.7 Å². The molecular formula is C30H33FN8O. The molecule has 0 saturated carbocycles. The SMILES string of the molecule is CN(C)CC=CC(=O)Nc1cccc(-c2cccc3cnc(Nc4ccc(NC5CN(CCF)C5)nc4)nc23)c1. The molecule has 206 valence electrons. The van der Waals surface area contributed by atoms with Gasteiger partial charge in [0.2, 0.25) is 11.9 Å². The van der Waals surface area contributed by atoms with Crippen LogP contribution < -0.4 is 16.0 Å². The van der Waals surface area contributed by atoms with Crippen molar-refractivity contribution in [3.63, 3.8) is 0 Å². The quantitative estimate of drug-likeness (QED) is 0.238. The molecule has 40 heavy (non-hydrogen) atoms. The smallest absolute Gasteiger partial charge is 0.248 e. The van der Waals surface area contributed by atoms with Crippen molar-refractivity contribution >= 4 is 40.0 Å². The Hall–Kier alpha value is -4.41. The summed E-state index contributed by atoms with van der Waals surface area (Å²) >= 11 is 0. The third kappa shape index (κ3) is 6.96. The number of benzene rings is 2. The monoisotopic (exact) mass is 540 g/mol. The van der Waals surface area contributed by atoms with Crippen LogP contribution in [-0.2, 0) is 4.79 Å². The summed E-state index contributed by atoms with van der Waals surface area (Å²) in [5.74, 6) is 1.06. The maximum atomic E-state index is 12.4. The Morgan fingerprint density at radius 1 is 1.07 bits per heavy atom. The van der Waals surface area contributed by atoms with E-state index in [0.717, 1.165) is 46.6 Å². The molecule has 2 aromatic heterocycles. The maximum absolute atomic E-state index is 12.4. The molecule has 2 aromatic carbocycles. The van der Waals surface area contributed by atoms with Crippen molar-refractivity contribution in [3.8, 4) is 11.1 Å². The van der Waals surface area contributed by atoms with E-state index in [0.29, 0.717) is 24.7 Å². The second-order valence-electron chi connectivity index (χ2n) is 10.0. The Bertz CT molecular complexity index is 1490. The molecule has 0 bridgehead atoms. The number of hydrogen-bond donors (Lipinski definition) is 3. The lowest BCUT2D eigenvalue weighted by Gasteiger charge is -2.39. The number of carbonyl (C=O) groups excluding carboxylic acids is 1. The van der Waals surface area contributed by atoms with Gasteiger partial charge >= 0.3 is 0 Å². The second-order valence-corrected chi connectivity index (χ2v) is 10.0. The van der Waals surface area contributed by atoms with Gasteiger partial charge in [-0.15, -0.1) is 0 Å². The van der Waals surface area contributed by atoms with Crippen LogP contribution in [0.3, 0.4) is 0 Å². The van der Waals surface area contributed by atoms with Gasteiger partial charge in [0.1, 0.15) is 12.5 Å². The van der Waals surface area contributed by atoms with E-state index < -0.39 is 0 Å². The first-order valence-electron chi connectivity index (χ1n) is 13.2. The highest BCUT2D eigenvalue weighted by atomic mass is 19.1. The average molecular weight is 541 g/mol. The molecule has 0 radical (unpaired) electrons. The largest absolute Gasteiger partial charge is 0.365 e. The van der Waals surface area contributed by atoms with Crippen molar-refractivity contribution in [1.29, 1.82) is 0 Å². The van der Waals surface area contributed by atoms with E-state index >= 15 is 0 Å². The van der Waals surface area contributed by atoms with E-state index in [9.17, 15) is 9.18 Å². The number of rotatable bonds is 11. The predicted octanol–water partition coefficient (Wildman–Crippen LogP) is 4.56. The first-order chi connectivity index (χ1) is 19.5.